The smallest absolute Gasteiger partial charge is 0.253 e. The molecule has 160 valence electrons. The molecule has 0 atom stereocenters. The Kier molecular flexibility index (Phi) is 7.57. The van der Waals surface area contributed by atoms with E-state index in [1.807, 2.05) is 43.4 Å². The van der Waals surface area contributed by atoms with Gasteiger partial charge in [0.15, 0.2) is 5.96 Å². The molecular formula is C23H30ClN5O. The first kappa shape index (κ1) is 22.0. The van der Waals surface area contributed by atoms with Crippen LogP contribution < -0.4 is 10.2 Å². The van der Waals surface area contributed by atoms with Crippen molar-refractivity contribution in [3.8, 4) is 0 Å². The zero-order valence-electron chi connectivity index (χ0n) is 17.9. The van der Waals surface area contributed by atoms with Crippen LogP contribution in [0.1, 0.15) is 15.9 Å². The minimum Gasteiger partial charge on any atom is -0.367 e. The van der Waals surface area contributed by atoms with Crippen molar-refractivity contribution in [1.82, 2.24) is 15.1 Å². The Hall–Kier alpha value is -2.73. The summed E-state index contributed by atoms with van der Waals surface area (Å²) in [6.45, 7) is 4.34. The van der Waals surface area contributed by atoms with Crippen LogP contribution in [0.15, 0.2) is 53.5 Å². The molecule has 1 saturated heterocycles. The predicted octanol–water partition coefficient (Wildman–Crippen LogP) is 2.98. The average Bonchev–Trinajstić information content (AvgIpc) is 2.77. The fourth-order valence-electron chi connectivity index (χ4n) is 3.64. The zero-order valence-corrected chi connectivity index (χ0v) is 18.7. The molecule has 1 amide bonds. The van der Waals surface area contributed by atoms with E-state index in [0.29, 0.717) is 0 Å². The largest absolute Gasteiger partial charge is 0.367 e. The maximum atomic E-state index is 12.2. The van der Waals surface area contributed by atoms with Gasteiger partial charge in [-0.05, 0) is 36.2 Å². The summed E-state index contributed by atoms with van der Waals surface area (Å²) in [5.74, 6) is 0.936. The molecule has 2 aromatic carbocycles. The number of guanidine groups is 1. The molecule has 2 aromatic rings. The highest BCUT2D eigenvalue weighted by Gasteiger charge is 2.20. The molecule has 3 rings (SSSR count). The van der Waals surface area contributed by atoms with Crippen LogP contribution in [0.2, 0.25) is 5.02 Å². The number of hydrogen-bond acceptors (Lipinski definition) is 3. The topological polar surface area (TPSA) is 51.2 Å². The standard InChI is InChI=1S/C23H30ClN5O/c1-25-23(26-12-11-18-7-6-8-19(17-18)22(30)27(2)3)29-15-13-28(14-16-29)21-10-5-4-9-20(21)24/h4-10,17H,11-16H2,1-3H3,(H,25,26). The van der Waals surface area contributed by atoms with Crippen molar-refractivity contribution in [1.29, 1.82) is 0 Å². The van der Waals surface area contributed by atoms with Crippen LogP contribution in [-0.4, -0.2) is 75.5 Å². The van der Waals surface area contributed by atoms with Crippen molar-refractivity contribution in [2.45, 2.75) is 6.42 Å². The molecule has 6 nitrogen and oxygen atoms in total. The summed E-state index contributed by atoms with van der Waals surface area (Å²) in [5.41, 5.74) is 2.95. The van der Waals surface area contributed by atoms with Crippen molar-refractivity contribution in [3.63, 3.8) is 0 Å². The lowest BCUT2D eigenvalue weighted by molar-refractivity contribution is 0.0827. The lowest BCUT2D eigenvalue weighted by Crippen LogP contribution is -2.52. The number of carbonyl (C=O) groups is 1. The van der Waals surface area contributed by atoms with Crippen LogP contribution in [0.4, 0.5) is 5.69 Å². The maximum Gasteiger partial charge on any atom is 0.253 e. The third kappa shape index (κ3) is 5.45. The van der Waals surface area contributed by atoms with Gasteiger partial charge in [0.05, 0.1) is 10.7 Å². The van der Waals surface area contributed by atoms with Gasteiger partial charge in [-0.2, -0.15) is 0 Å². The van der Waals surface area contributed by atoms with Crippen LogP contribution in [0.3, 0.4) is 0 Å². The SMILES string of the molecule is CN=C(NCCc1cccc(C(=O)N(C)C)c1)N1CCN(c2ccccc2Cl)CC1. The molecule has 7 heteroatoms. The molecule has 0 unspecified atom stereocenters. The normalized spacial score (nSPS) is 14.6. The first-order valence-electron chi connectivity index (χ1n) is 10.2. The van der Waals surface area contributed by atoms with Crippen molar-refractivity contribution in [2.24, 2.45) is 4.99 Å². The van der Waals surface area contributed by atoms with Crippen LogP contribution in [0.5, 0.6) is 0 Å². The number of benzene rings is 2. The summed E-state index contributed by atoms with van der Waals surface area (Å²) >= 11 is 6.34. The van der Waals surface area contributed by atoms with E-state index in [1.54, 1.807) is 19.0 Å². The molecule has 0 spiro atoms. The van der Waals surface area contributed by atoms with Gasteiger partial charge in [0.1, 0.15) is 0 Å². The number of hydrogen-bond donors (Lipinski definition) is 1. The van der Waals surface area contributed by atoms with Gasteiger partial charge < -0.3 is 20.0 Å². The molecular weight excluding hydrogens is 398 g/mol. The Labute approximate surface area is 184 Å². The summed E-state index contributed by atoms with van der Waals surface area (Å²) < 4.78 is 0. The Morgan fingerprint density at radius 1 is 1.10 bits per heavy atom. The zero-order chi connectivity index (χ0) is 21.5. The number of amides is 1. The van der Waals surface area contributed by atoms with E-state index >= 15 is 0 Å². The number of nitrogens with zero attached hydrogens (tertiary/aromatic N) is 4. The number of piperazine rings is 1. The van der Waals surface area contributed by atoms with Crippen molar-refractivity contribution >= 4 is 29.2 Å². The number of para-hydroxylation sites is 1. The van der Waals surface area contributed by atoms with E-state index in [9.17, 15) is 4.79 Å². The van der Waals surface area contributed by atoms with Gasteiger partial charge in [-0.1, -0.05) is 35.9 Å². The van der Waals surface area contributed by atoms with E-state index in [-0.39, 0.29) is 5.91 Å². The Morgan fingerprint density at radius 3 is 2.50 bits per heavy atom. The number of halogens is 1. The minimum atomic E-state index is 0.0250. The van der Waals surface area contributed by atoms with Gasteiger partial charge in [0, 0.05) is 59.4 Å². The lowest BCUT2D eigenvalue weighted by Gasteiger charge is -2.38. The van der Waals surface area contributed by atoms with E-state index < -0.39 is 0 Å². The number of anilines is 1. The highest BCUT2D eigenvalue weighted by Crippen LogP contribution is 2.26. The molecule has 0 radical (unpaired) electrons. The van der Waals surface area contributed by atoms with Crippen molar-refractivity contribution in [2.75, 3.05) is 58.8 Å². The Morgan fingerprint density at radius 2 is 1.83 bits per heavy atom. The second kappa shape index (κ2) is 10.3. The van der Waals surface area contributed by atoms with E-state index in [1.165, 1.54) is 0 Å². The number of nitrogens with one attached hydrogen (secondary N) is 1. The van der Waals surface area contributed by atoms with E-state index in [2.05, 4.69) is 32.2 Å². The monoisotopic (exact) mass is 427 g/mol. The summed E-state index contributed by atoms with van der Waals surface area (Å²) in [4.78, 5) is 22.8. The van der Waals surface area contributed by atoms with E-state index in [0.717, 1.165) is 66.9 Å². The second-order valence-electron chi connectivity index (χ2n) is 7.55. The molecule has 1 heterocycles. The predicted molar refractivity (Wildman–Crippen MR) is 125 cm³/mol. The van der Waals surface area contributed by atoms with Gasteiger partial charge in [0.2, 0.25) is 0 Å². The molecule has 30 heavy (non-hydrogen) atoms. The fourth-order valence-corrected chi connectivity index (χ4v) is 3.89. The van der Waals surface area contributed by atoms with Gasteiger partial charge in [-0.3, -0.25) is 9.79 Å². The number of carbonyl (C=O) groups excluding carboxylic acids is 1. The Balaban J connectivity index is 1.51. The molecule has 1 N–H and O–H groups in total. The van der Waals surface area contributed by atoms with Crippen LogP contribution in [0, 0.1) is 0 Å². The summed E-state index contributed by atoms with van der Waals surface area (Å²) in [6, 6.07) is 15.8. The number of rotatable bonds is 5. The minimum absolute atomic E-state index is 0.0250. The van der Waals surface area contributed by atoms with Crippen LogP contribution in [-0.2, 0) is 6.42 Å². The molecule has 0 bridgehead atoms. The van der Waals surface area contributed by atoms with Crippen LogP contribution >= 0.6 is 11.6 Å². The van der Waals surface area contributed by atoms with Crippen LogP contribution in [0.25, 0.3) is 0 Å². The molecule has 0 aliphatic carbocycles. The highest BCUT2D eigenvalue weighted by atomic mass is 35.5. The summed E-state index contributed by atoms with van der Waals surface area (Å²) in [6.07, 6.45) is 0.827. The average molecular weight is 428 g/mol. The molecule has 0 aromatic heterocycles. The molecule has 1 aliphatic rings. The highest BCUT2D eigenvalue weighted by molar-refractivity contribution is 6.33. The third-order valence-corrected chi connectivity index (χ3v) is 5.58. The molecule has 0 saturated carbocycles. The molecule has 1 aliphatic heterocycles. The lowest BCUT2D eigenvalue weighted by atomic mass is 10.1. The number of aliphatic imine (C=N–C) groups is 1. The first-order chi connectivity index (χ1) is 14.5. The maximum absolute atomic E-state index is 12.2. The van der Waals surface area contributed by atoms with Gasteiger partial charge in [0.25, 0.3) is 5.91 Å². The second-order valence-corrected chi connectivity index (χ2v) is 7.96. The van der Waals surface area contributed by atoms with Crippen molar-refractivity contribution in [3.05, 3.63) is 64.7 Å². The summed E-state index contributed by atoms with van der Waals surface area (Å²) in [5, 5.41) is 4.26. The summed E-state index contributed by atoms with van der Waals surface area (Å²) in [7, 11) is 5.36. The van der Waals surface area contributed by atoms with Gasteiger partial charge in [-0.25, -0.2) is 0 Å². The molecule has 1 fully saturated rings. The van der Waals surface area contributed by atoms with Crippen molar-refractivity contribution < 1.29 is 4.79 Å². The van der Waals surface area contributed by atoms with E-state index in [4.69, 9.17) is 11.6 Å². The third-order valence-electron chi connectivity index (χ3n) is 5.26. The quantitative estimate of drug-likeness (QED) is 0.588. The van der Waals surface area contributed by atoms with Gasteiger partial charge >= 0.3 is 0 Å². The van der Waals surface area contributed by atoms with Gasteiger partial charge in [-0.15, -0.1) is 0 Å². The fraction of sp³-hybridized carbons (Fsp3) is 0.391. The first-order valence-corrected chi connectivity index (χ1v) is 10.6. The Bertz CT molecular complexity index is 891.